The summed E-state index contributed by atoms with van der Waals surface area (Å²) in [5, 5.41) is -1.77. The van der Waals surface area contributed by atoms with Crippen LogP contribution >= 0.6 is 7.60 Å². The van der Waals surface area contributed by atoms with Crippen molar-refractivity contribution in [1.82, 2.24) is 0 Å². The molecule has 6 aromatic carbocycles. The average molecular weight is 1030 g/mol. The van der Waals surface area contributed by atoms with Crippen LogP contribution in [0.4, 0.5) is 79.0 Å². The van der Waals surface area contributed by atoms with Gasteiger partial charge in [-0.2, -0.15) is 79.0 Å². The molecule has 0 fully saturated rings. The summed E-state index contributed by atoms with van der Waals surface area (Å²) < 4.78 is 331. The van der Waals surface area contributed by atoms with E-state index < -0.39 is 157 Å². The van der Waals surface area contributed by atoms with Crippen molar-refractivity contribution in [2.45, 2.75) is 40.0 Å². The van der Waals surface area contributed by atoms with Crippen molar-refractivity contribution >= 4 is 48.8 Å². The molecule has 0 saturated carbocycles. The number of benzene rings is 6. The second kappa shape index (κ2) is 15.4. The van der Waals surface area contributed by atoms with Gasteiger partial charge in [0.2, 0.25) is 0 Å². The second-order valence-corrected chi connectivity index (χ2v) is 21.3. The molecule has 1 aliphatic rings. The molecule has 0 saturated heterocycles. The SMILES string of the molecule is O=P1(C(S(=O)(=O)C(F)(F)F)S(=O)(=O)C(F)(F)F)Oc2c(-c3cc(C(F)(F)F)cc(C(F)(F)F)c3)cc3ccccc3c2-c2c(c(-c3cc(C(F)(F)F)cc(C(F)(F)F)c3)cc3ccccc23)O1. The van der Waals surface area contributed by atoms with Crippen molar-refractivity contribution in [2.75, 3.05) is 0 Å². The van der Waals surface area contributed by atoms with Crippen LogP contribution in [0.15, 0.2) is 97.1 Å². The summed E-state index contributed by atoms with van der Waals surface area (Å²) in [4.78, 5) is 0. The Morgan fingerprint density at radius 1 is 0.418 bits per heavy atom. The molecule has 0 aliphatic carbocycles. The van der Waals surface area contributed by atoms with E-state index in [9.17, 15) is 95.9 Å². The van der Waals surface area contributed by atoms with Gasteiger partial charge in [0.1, 0.15) is 11.5 Å². The molecule has 1 aliphatic heterocycles. The van der Waals surface area contributed by atoms with Crippen LogP contribution < -0.4 is 9.05 Å². The summed E-state index contributed by atoms with van der Waals surface area (Å²) in [5.41, 5.74) is -30.5. The third-order valence-electron chi connectivity index (χ3n) is 9.92. The molecule has 67 heavy (non-hydrogen) atoms. The number of sulfone groups is 2. The number of rotatable bonds is 5. The average Bonchev–Trinajstić information content (AvgIpc) is 3.32. The Bertz CT molecular complexity index is 3020. The van der Waals surface area contributed by atoms with E-state index in [0.717, 1.165) is 48.5 Å². The Morgan fingerprint density at radius 2 is 0.701 bits per heavy atom. The van der Waals surface area contributed by atoms with Gasteiger partial charge in [-0.15, -0.1) is 0 Å². The van der Waals surface area contributed by atoms with Crippen LogP contribution in [0, 0.1) is 0 Å². The van der Waals surface area contributed by atoms with Gasteiger partial charge in [0, 0.05) is 22.3 Å². The molecule has 1 heterocycles. The molecule has 0 bridgehead atoms. The van der Waals surface area contributed by atoms with E-state index in [1.165, 1.54) is 0 Å². The Labute approximate surface area is 361 Å². The maximum absolute atomic E-state index is 15.3. The summed E-state index contributed by atoms with van der Waals surface area (Å²) in [6.07, 6.45) is -22.8. The molecular formula is C39H17F18O7PS2. The molecule has 0 amide bonds. The normalized spacial score (nSPS) is 15.2. The zero-order chi connectivity index (χ0) is 50.0. The molecular weight excluding hydrogens is 1020 g/mol. The number of hydrogen-bond acceptors (Lipinski definition) is 7. The van der Waals surface area contributed by atoms with Gasteiger partial charge in [-0.25, -0.2) is 21.4 Å². The highest BCUT2D eigenvalue weighted by atomic mass is 32.3. The van der Waals surface area contributed by atoms with Crippen LogP contribution in [0.5, 0.6) is 11.5 Å². The van der Waals surface area contributed by atoms with Gasteiger partial charge < -0.3 is 9.05 Å². The van der Waals surface area contributed by atoms with E-state index >= 15 is 4.57 Å². The molecule has 0 N–H and O–H groups in total. The lowest BCUT2D eigenvalue weighted by atomic mass is 9.85. The molecule has 0 unspecified atom stereocenters. The monoisotopic (exact) mass is 1030 g/mol. The predicted octanol–water partition coefficient (Wildman–Crippen LogP) is 14.2. The molecule has 0 aromatic heterocycles. The first-order chi connectivity index (χ1) is 30.4. The highest BCUT2D eigenvalue weighted by Crippen LogP contribution is 2.68. The Balaban J connectivity index is 1.81. The Hall–Kier alpha value is -5.69. The molecule has 6 aromatic rings. The van der Waals surface area contributed by atoms with Crippen LogP contribution in [0.2, 0.25) is 0 Å². The summed E-state index contributed by atoms with van der Waals surface area (Å²) in [7, 11) is -24.2. The van der Waals surface area contributed by atoms with Crippen molar-refractivity contribution in [1.29, 1.82) is 0 Å². The largest absolute Gasteiger partial charge is 0.499 e. The van der Waals surface area contributed by atoms with Crippen molar-refractivity contribution < 1.29 is 109 Å². The summed E-state index contributed by atoms with van der Waals surface area (Å²) in [5.74, 6) is -3.48. The fraction of sp³-hybridized carbons (Fsp3) is 0.179. The molecule has 0 radical (unpaired) electrons. The van der Waals surface area contributed by atoms with Crippen molar-refractivity contribution in [3.63, 3.8) is 0 Å². The number of hydrogen-bond donors (Lipinski definition) is 0. The van der Waals surface area contributed by atoms with Crippen molar-refractivity contribution in [3.05, 3.63) is 119 Å². The highest BCUT2D eigenvalue weighted by Gasteiger charge is 2.72. The van der Waals surface area contributed by atoms with E-state index in [1.807, 2.05) is 0 Å². The van der Waals surface area contributed by atoms with Gasteiger partial charge in [0.25, 0.3) is 19.7 Å². The smallest absolute Gasteiger partial charge is 0.413 e. The van der Waals surface area contributed by atoms with Crippen LogP contribution in [-0.2, 0) is 48.9 Å². The number of alkyl halides is 18. The molecule has 358 valence electrons. The fourth-order valence-electron chi connectivity index (χ4n) is 7.09. The van der Waals surface area contributed by atoms with E-state index in [1.54, 1.807) is 0 Å². The van der Waals surface area contributed by atoms with Crippen LogP contribution in [-0.4, -0.2) is 32.2 Å². The van der Waals surface area contributed by atoms with E-state index in [0.29, 0.717) is 12.1 Å². The molecule has 7 nitrogen and oxygen atoms in total. The highest BCUT2D eigenvalue weighted by molar-refractivity contribution is 8.17. The molecule has 7 rings (SSSR count). The van der Waals surface area contributed by atoms with Crippen LogP contribution in [0.1, 0.15) is 22.3 Å². The van der Waals surface area contributed by atoms with E-state index in [4.69, 9.17) is 9.05 Å². The van der Waals surface area contributed by atoms with Gasteiger partial charge in [-0.3, -0.25) is 0 Å². The first kappa shape index (κ1) is 49.2. The lowest BCUT2D eigenvalue weighted by Gasteiger charge is -2.28. The predicted molar refractivity (Wildman–Crippen MR) is 200 cm³/mol. The molecule has 0 spiro atoms. The fourth-order valence-corrected chi connectivity index (χ4v) is 14.6. The zero-order valence-electron chi connectivity index (χ0n) is 31.7. The molecule has 28 heteroatoms. The van der Waals surface area contributed by atoms with Gasteiger partial charge in [0.05, 0.1) is 22.3 Å². The maximum Gasteiger partial charge on any atom is 0.499 e. The number of fused-ring (bicyclic) bond motifs is 7. The first-order valence-electron chi connectivity index (χ1n) is 17.7. The summed E-state index contributed by atoms with van der Waals surface area (Å²) in [6, 6.07) is 8.28. The molecule has 0 atom stereocenters. The third kappa shape index (κ3) is 8.61. The summed E-state index contributed by atoms with van der Waals surface area (Å²) in [6.45, 7) is 0. The van der Waals surface area contributed by atoms with Gasteiger partial charge in [-0.1, -0.05) is 48.5 Å². The standard InChI is InChI=1S/C39H17F18O7PS2/c40-34(41,42)21-9-19(10-22(15-21)35(43,44)45)27-13-17-5-1-3-7-25(17)29-30-26-8-4-2-6-18(26)14-28(20-11-23(36(46,47)48)16-24(12-20)37(49,50)51)32(30)64-65(58,63-31(27)29)33(66(59,60)38(52,53)54)67(61,62)39(55,56)57/h1-16,33H. The minimum absolute atomic E-state index is 0.0905. The first-order valence-corrected chi connectivity index (χ1v) is 22.4. The maximum atomic E-state index is 15.3. The van der Waals surface area contributed by atoms with Crippen LogP contribution in [0.3, 0.4) is 0 Å². The third-order valence-corrected chi connectivity index (χ3v) is 18.4. The minimum atomic E-state index is -8.22. The van der Waals surface area contributed by atoms with Gasteiger partial charge in [0.15, 0.2) is 0 Å². The second-order valence-electron chi connectivity index (χ2n) is 14.3. The van der Waals surface area contributed by atoms with E-state index in [2.05, 4.69) is 0 Å². The zero-order valence-corrected chi connectivity index (χ0v) is 34.3. The Morgan fingerprint density at radius 3 is 0.970 bits per heavy atom. The quantitative estimate of drug-likeness (QED) is 0.125. The topological polar surface area (TPSA) is 104 Å². The lowest BCUT2D eigenvalue weighted by molar-refractivity contribution is -0.144. The van der Waals surface area contributed by atoms with Crippen LogP contribution in [0.25, 0.3) is 54.9 Å². The van der Waals surface area contributed by atoms with Gasteiger partial charge in [-0.05, 0) is 81.2 Å². The van der Waals surface area contributed by atoms with Gasteiger partial charge >= 0.3 is 47.6 Å². The number of halogens is 18. The Kier molecular flexibility index (Phi) is 11.3. The van der Waals surface area contributed by atoms with Crippen molar-refractivity contribution in [3.8, 4) is 44.9 Å². The minimum Gasteiger partial charge on any atom is -0.413 e. The lowest BCUT2D eigenvalue weighted by Crippen LogP contribution is -2.46. The van der Waals surface area contributed by atoms with Crippen molar-refractivity contribution in [2.24, 2.45) is 0 Å². The summed E-state index contributed by atoms with van der Waals surface area (Å²) >= 11 is 0. The van der Waals surface area contributed by atoms with E-state index in [-0.39, 0.29) is 35.0 Å².